The van der Waals surface area contributed by atoms with Gasteiger partial charge in [0.15, 0.2) is 0 Å². The van der Waals surface area contributed by atoms with Crippen molar-refractivity contribution < 1.29 is 13.6 Å². The van der Waals surface area contributed by atoms with Gasteiger partial charge in [-0.1, -0.05) is 54.1 Å². The number of aromatic amines is 1. The third-order valence-electron chi connectivity index (χ3n) is 6.08. The highest BCUT2D eigenvalue weighted by atomic mass is 35.5. The molecule has 0 aliphatic heterocycles. The Hall–Kier alpha value is -4.30. The van der Waals surface area contributed by atoms with Crippen molar-refractivity contribution >= 4 is 28.4 Å². The monoisotopic (exact) mass is 518 g/mol. The second kappa shape index (κ2) is 9.99. The van der Waals surface area contributed by atoms with Crippen LogP contribution < -0.4 is 10.9 Å². The first kappa shape index (κ1) is 24.4. The second-order valence-electron chi connectivity index (χ2n) is 8.56. The van der Waals surface area contributed by atoms with Gasteiger partial charge in [-0.05, 0) is 42.0 Å². The first-order chi connectivity index (χ1) is 17.8. The van der Waals surface area contributed by atoms with Gasteiger partial charge in [0.1, 0.15) is 0 Å². The van der Waals surface area contributed by atoms with Gasteiger partial charge < -0.3 is 9.88 Å². The Balaban J connectivity index is 1.31. The molecule has 0 atom stereocenters. The van der Waals surface area contributed by atoms with Crippen LogP contribution in [0.3, 0.4) is 0 Å². The van der Waals surface area contributed by atoms with Crippen LogP contribution >= 0.6 is 11.6 Å². The van der Waals surface area contributed by atoms with Crippen LogP contribution in [0.1, 0.15) is 32.7 Å². The molecule has 3 aromatic carbocycles. The van der Waals surface area contributed by atoms with E-state index in [1.54, 1.807) is 48.7 Å². The molecule has 0 aliphatic carbocycles. The number of hydrogen-bond acceptors (Lipinski definition) is 3. The number of rotatable bonds is 7. The van der Waals surface area contributed by atoms with E-state index in [4.69, 9.17) is 11.6 Å². The van der Waals surface area contributed by atoms with Crippen molar-refractivity contribution in [3.05, 3.63) is 134 Å². The molecule has 1 amide bonds. The number of pyridine rings is 1. The van der Waals surface area contributed by atoms with Crippen LogP contribution in [0.5, 0.6) is 0 Å². The topological polar surface area (TPSA) is 79.8 Å². The molecule has 0 aliphatic rings. The van der Waals surface area contributed by atoms with Crippen LogP contribution in [0, 0.1) is 0 Å². The largest absolute Gasteiger partial charge is 0.346 e. The Morgan fingerprint density at radius 3 is 2.57 bits per heavy atom. The first-order valence-corrected chi connectivity index (χ1v) is 11.8. The number of nitrogens with zero attached hydrogens (tertiary/aromatic N) is 2. The first-order valence-electron chi connectivity index (χ1n) is 11.5. The van der Waals surface area contributed by atoms with E-state index in [0.29, 0.717) is 16.3 Å². The summed E-state index contributed by atoms with van der Waals surface area (Å²) in [5, 5.41) is 11.1. The van der Waals surface area contributed by atoms with Crippen molar-refractivity contribution in [1.29, 1.82) is 0 Å². The molecule has 2 aromatic heterocycles. The minimum Gasteiger partial charge on any atom is -0.346 e. The van der Waals surface area contributed by atoms with Crippen molar-refractivity contribution in [2.75, 3.05) is 0 Å². The van der Waals surface area contributed by atoms with E-state index < -0.39 is 11.8 Å². The van der Waals surface area contributed by atoms with Gasteiger partial charge in [-0.2, -0.15) is 13.9 Å². The molecule has 2 heterocycles. The van der Waals surface area contributed by atoms with Gasteiger partial charge in [-0.25, -0.2) is 0 Å². The van der Waals surface area contributed by atoms with Crippen LogP contribution in [0.25, 0.3) is 10.9 Å². The number of hydrogen-bond donors (Lipinski definition) is 2. The van der Waals surface area contributed by atoms with Gasteiger partial charge in [0.05, 0.1) is 24.3 Å². The quantitative estimate of drug-likeness (QED) is 0.299. The number of alkyl halides is 2. The summed E-state index contributed by atoms with van der Waals surface area (Å²) in [4.78, 5) is 24.7. The van der Waals surface area contributed by atoms with Gasteiger partial charge in [0.25, 0.3) is 17.4 Å². The molecule has 0 spiro atoms. The fourth-order valence-corrected chi connectivity index (χ4v) is 4.24. The van der Waals surface area contributed by atoms with Crippen molar-refractivity contribution in [1.82, 2.24) is 20.1 Å². The third-order valence-corrected chi connectivity index (χ3v) is 6.31. The molecule has 5 aromatic rings. The highest BCUT2D eigenvalue weighted by molar-refractivity contribution is 6.31. The minimum atomic E-state index is -3.33. The zero-order valence-corrected chi connectivity index (χ0v) is 20.2. The fourth-order valence-electron chi connectivity index (χ4n) is 4.07. The average Bonchev–Trinajstić information content (AvgIpc) is 3.31. The minimum absolute atomic E-state index is 0.103. The molecule has 0 radical (unpaired) electrons. The van der Waals surface area contributed by atoms with Gasteiger partial charge in [-0.15, -0.1) is 0 Å². The molecule has 0 fully saturated rings. The number of H-pyrrole nitrogens is 1. The number of amides is 1. The van der Waals surface area contributed by atoms with Crippen LogP contribution in [0.15, 0.2) is 95.9 Å². The Labute approximate surface area is 215 Å². The standard InChI is InChI=1S/C28H21ClF2N4O2/c29-22-11-12-24-23(15-22)25(34-33-24)16-32-27(37)19-4-3-5-21(14-19)28(30,31)20-9-7-18(8-10-20)17-35-13-2-1-6-26(35)36/h1-15H,16-17H2,(H,32,37)(H,33,34). The molecular weight excluding hydrogens is 498 g/mol. The van der Waals surface area contributed by atoms with Crippen molar-refractivity contribution in [3.63, 3.8) is 0 Å². The Kier molecular flexibility index (Phi) is 6.58. The molecule has 0 saturated heterocycles. The summed E-state index contributed by atoms with van der Waals surface area (Å²) in [5.74, 6) is -3.83. The normalized spacial score (nSPS) is 11.5. The van der Waals surface area contributed by atoms with E-state index >= 15 is 8.78 Å². The van der Waals surface area contributed by atoms with Crippen LogP contribution in [0.2, 0.25) is 5.02 Å². The van der Waals surface area contributed by atoms with E-state index in [9.17, 15) is 9.59 Å². The lowest BCUT2D eigenvalue weighted by molar-refractivity contribution is 0.0427. The molecule has 37 heavy (non-hydrogen) atoms. The molecule has 0 saturated carbocycles. The lowest BCUT2D eigenvalue weighted by Crippen LogP contribution is -2.24. The second-order valence-corrected chi connectivity index (χ2v) is 9.00. The van der Waals surface area contributed by atoms with E-state index in [1.165, 1.54) is 47.0 Å². The maximum Gasteiger partial charge on any atom is 0.298 e. The summed E-state index contributed by atoms with van der Waals surface area (Å²) in [6, 6.07) is 21.3. The lowest BCUT2D eigenvalue weighted by atomic mass is 9.97. The predicted octanol–water partition coefficient (Wildman–Crippen LogP) is 5.50. The Bertz CT molecular complexity index is 1640. The van der Waals surface area contributed by atoms with Crippen LogP contribution in [0.4, 0.5) is 8.78 Å². The predicted molar refractivity (Wildman–Crippen MR) is 138 cm³/mol. The molecule has 5 rings (SSSR count). The number of carbonyl (C=O) groups excluding carboxylic acids is 1. The maximum atomic E-state index is 15.4. The van der Waals surface area contributed by atoms with E-state index in [2.05, 4.69) is 15.5 Å². The summed E-state index contributed by atoms with van der Waals surface area (Å²) in [5.41, 5.74) is 1.50. The SMILES string of the molecule is O=C(NCc1n[nH]c2ccc(Cl)cc12)c1cccc(C(F)(F)c2ccc(Cn3ccccc3=O)cc2)c1. The fraction of sp³-hybridized carbons (Fsp3) is 0.107. The van der Waals surface area contributed by atoms with Crippen molar-refractivity contribution in [2.45, 2.75) is 19.0 Å². The van der Waals surface area contributed by atoms with Crippen LogP contribution in [-0.2, 0) is 19.0 Å². The lowest BCUT2D eigenvalue weighted by Gasteiger charge is -2.18. The van der Waals surface area contributed by atoms with Gasteiger partial charge in [-0.3, -0.25) is 14.7 Å². The summed E-state index contributed by atoms with van der Waals surface area (Å²) in [6.07, 6.45) is 1.64. The zero-order valence-electron chi connectivity index (χ0n) is 19.4. The number of carbonyl (C=O) groups is 1. The highest BCUT2D eigenvalue weighted by Gasteiger charge is 2.34. The summed E-state index contributed by atoms with van der Waals surface area (Å²) < 4.78 is 32.2. The Morgan fingerprint density at radius 1 is 0.973 bits per heavy atom. The van der Waals surface area contributed by atoms with Crippen LogP contribution in [-0.4, -0.2) is 20.7 Å². The zero-order chi connectivity index (χ0) is 26.0. The van der Waals surface area contributed by atoms with Crippen molar-refractivity contribution in [3.8, 4) is 0 Å². The van der Waals surface area contributed by atoms with Gasteiger partial charge >= 0.3 is 0 Å². The number of benzene rings is 3. The third kappa shape index (κ3) is 5.15. The van der Waals surface area contributed by atoms with E-state index in [1.807, 2.05) is 0 Å². The highest BCUT2D eigenvalue weighted by Crippen LogP contribution is 2.36. The number of nitrogens with one attached hydrogen (secondary N) is 2. The van der Waals surface area contributed by atoms with Gasteiger partial charge in [0.2, 0.25) is 0 Å². The summed E-state index contributed by atoms with van der Waals surface area (Å²) in [7, 11) is 0. The maximum absolute atomic E-state index is 15.4. The molecule has 2 N–H and O–H groups in total. The number of aromatic nitrogens is 3. The molecule has 0 unspecified atom stereocenters. The molecule has 0 bridgehead atoms. The number of fused-ring (bicyclic) bond motifs is 1. The van der Waals surface area contributed by atoms with Gasteiger partial charge in [0, 0.05) is 39.4 Å². The summed E-state index contributed by atoms with van der Waals surface area (Å²) in [6.45, 7) is 0.379. The Morgan fingerprint density at radius 2 is 1.78 bits per heavy atom. The molecule has 9 heteroatoms. The van der Waals surface area contributed by atoms with E-state index in [-0.39, 0.29) is 35.3 Å². The molecule has 6 nitrogen and oxygen atoms in total. The van der Waals surface area contributed by atoms with E-state index in [0.717, 1.165) is 10.9 Å². The molecule has 186 valence electrons. The van der Waals surface area contributed by atoms with Crippen molar-refractivity contribution in [2.24, 2.45) is 0 Å². The smallest absolute Gasteiger partial charge is 0.298 e. The average molecular weight is 519 g/mol. The number of halogens is 3. The summed E-state index contributed by atoms with van der Waals surface area (Å²) >= 11 is 6.05. The molecular formula is C28H21ClF2N4O2.